The summed E-state index contributed by atoms with van der Waals surface area (Å²) in [5.74, 6) is -0.740. The predicted octanol–water partition coefficient (Wildman–Crippen LogP) is 1.67. The summed E-state index contributed by atoms with van der Waals surface area (Å²) in [6, 6.07) is 7.45. The van der Waals surface area contributed by atoms with E-state index in [-0.39, 0.29) is 24.9 Å². The summed E-state index contributed by atoms with van der Waals surface area (Å²) in [4.78, 5) is 39.2. The molecule has 146 valence electrons. The summed E-state index contributed by atoms with van der Waals surface area (Å²) < 4.78 is 10.2. The van der Waals surface area contributed by atoms with Crippen molar-refractivity contribution in [2.75, 3.05) is 44.3 Å². The van der Waals surface area contributed by atoms with E-state index >= 15 is 0 Å². The molecule has 1 aromatic carbocycles. The Balaban J connectivity index is 1.77. The molecule has 0 bridgehead atoms. The van der Waals surface area contributed by atoms with Crippen LogP contribution in [0.3, 0.4) is 0 Å². The van der Waals surface area contributed by atoms with E-state index in [9.17, 15) is 14.4 Å². The zero-order valence-electron chi connectivity index (χ0n) is 15.8. The van der Waals surface area contributed by atoms with Gasteiger partial charge < -0.3 is 19.3 Å². The van der Waals surface area contributed by atoms with E-state index in [0.29, 0.717) is 31.7 Å². The first-order valence-corrected chi connectivity index (χ1v) is 8.95. The predicted molar refractivity (Wildman–Crippen MR) is 102 cm³/mol. The van der Waals surface area contributed by atoms with Crippen LogP contribution in [0.1, 0.15) is 24.2 Å². The minimum atomic E-state index is -0.731. The maximum absolute atomic E-state index is 12.2. The first-order valence-electron chi connectivity index (χ1n) is 8.95. The van der Waals surface area contributed by atoms with Crippen LogP contribution in [0.25, 0.3) is 0 Å². The van der Waals surface area contributed by atoms with Crippen LogP contribution in [0, 0.1) is 0 Å². The smallest absolute Gasteiger partial charge is 0.335 e. The molecule has 1 aromatic rings. The molecule has 1 aliphatic rings. The maximum atomic E-state index is 12.2. The third-order valence-electron chi connectivity index (χ3n) is 4.41. The highest BCUT2D eigenvalue weighted by atomic mass is 16.6. The van der Waals surface area contributed by atoms with Crippen molar-refractivity contribution in [3.05, 3.63) is 42.5 Å². The molecule has 1 unspecified atom stereocenters. The number of hydrogen-bond donors (Lipinski definition) is 0. The van der Waals surface area contributed by atoms with Gasteiger partial charge in [-0.3, -0.25) is 9.59 Å². The van der Waals surface area contributed by atoms with Crippen LogP contribution in [-0.4, -0.2) is 68.1 Å². The van der Waals surface area contributed by atoms with Crippen molar-refractivity contribution in [3.63, 3.8) is 0 Å². The van der Waals surface area contributed by atoms with Gasteiger partial charge in [0.15, 0.2) is 18.5 Å². The number of Topliss-reactive ketones (excluding diaryl/α,β-unsaturated/α-hetero) is 1. The topological polar surface area (TPSA) is 76.2 Å². The lowest BCUT2D eigenvalue weighted by atomic mass is 10.1. The molecule has 0 spiro atoms. The number of nitrogens with zero attached hydrogens (tertiary/aromatic N) is 2. The fourth-order valence-electron chi connectivity index (χ4n) is 2.74. The van der Waals surface area contributed by atoms with Crippen molar-refractivity contribution >= 4 is 23.3 Å². The lowest BCUT2D eigenvalue weighted by molar-refractivity contribution is -0.160. The minimum absolute atomic E-state index is 0.0377. The summed E-state index contributed by atoms with van der Waals surface area (Å²) >= 11 is 0. The molecule has 0 aliphatic carbocycles. The molecule has 0 radical (unpaired) electrons. The molecule has 1 amide bonds. The van der Waals surface area contributed by atoms with Gasteiger partial charge in [0.25, 0.3) is 5.91 Å². The second kappa shape index (κ2) is 9.87. The normalized spacial score (nSPS) is 15.2. The molecule has 1 fully saturated rings. The van der Waals surface area contributed by atoms with E-state index in [4.69, 9.17) is 9.47 Å². The van der Waals surface area contributed by atoms with E-state index in [1.807, 2.05) is 24.3 Å². The maximum Gasteiger partial charge on any atom is 0.335 e. The average molecular weight is 374 g/mol. The monoisotopic (exact) mass is 374 g/mol. The first-order chi connectivity index (χ1) is 12.9. The first kappa shape index (κ1) is 20.6. The van der Waals surface area contributed by atoms with Gasteiger partial charge in [0.05, 0.1) is 6.61 Å². The van der Waals surface area contributed by atoms with Gasteiger partial charge in [0.2, 0.25) is 0 Å². The lowest BCUT2D eigenvalue weighted by Crippen LogP contribution is -2.50. The SMILES string of the molecule is C=CCOC(C)C(=O)OCC(=O)N1CCN(c2ccc(C(C)=O)cc2)CC1. The van der Waals surface area contributed by atoms with Gasteiger partial charge in [-0.2, -0.15) is 0 Å². The number of amides is 1. The van der Waals surface area contributed by atoms with Gasteiger partial charge in [-0.05, 0) is 38.1 Å². The summed E-state index contributed by atoms with van der Waals surface area (Å²) in [7, 11) is 0. The fourth-order valence-corrected chi connectivity index (χ4v) is 2.74. The molecule has 7 nitrogen and oxygen atoms in total. The van der Waals surface area contributed by atoms with Gasteiger partial charge >= 0.3 is 5.97 Å². The Labute approximate surface area is 159 Å². The highest BCUT2D eigenvalue weighted by Crippen LogP contribution is 2.17. The minimum Gasteiger partial charge on any atom is -0.454 e. The molecule has 1 atom stereocenters. The third-order valence-corrected chi connectivity index (χ3v) is 4.41. The number of esters is 1. The van der Waals surface area contributed by atoms with Crippen LogP contribution in [-0.2, 0) is 19.1 Å². The number of hydrogen-bond acceptors (Lipinski definition) is 6. The Kier molecular flexibility index (Phi) is 7.55. The van der Waals surface area contributed by atoms with Gasteiger partial charge in [-0.1, -0.05) is 6.08 Å². The van der Waals surface area contributed by atoms with Crippen molar-refractivity contribution in [2.45, 2.75) is 20.0 Å². The van der Waals surface area contributed by atoms with Crippen LogP contribution in [0.5, 0.6) is 0 Å². The van der Waals surface area contributed by atoms with Crippen LogP contribution < -0.4 is 4.90 Å². The molecule has 0 N–H and O–H groups in total. The average Bonchev–Trinajstić information content (AvgIpc) is 2.70. The lowest BCUT2D eigenvalue weighted by Gasteiger charge is -2.36. The fraction of sp³-hybridized carbons (Fsp3) is 0.450. The molecular formula is C20H26N2O5. The van der Waals surface area contributed by atoms with Gasteiger partial charge in [-0.25, -0.2) is 4.79 Å². The number of benzene rings is 1. The van der Waals surface area contributed by atoms with E-state index in [2.05, 4.69) is 11.5 Å². The molecule has 1 aliphatic heterocycles. The van der Waals surface area contributed by atoms with Gasteiger partial charge in [0.1, 0.15) is 0 Å². The molecule has 1 heterocycles. The number of ketones is 1. The number of carbonyl (C=O) groups is 3. The number of ether oxygens (including phenoxy) is 2. The standard InChI is InChI=1S/C20H26N2O5/c1-4-13-26-16(3)20(25)27-14-19(24)22-11-9-21(10-12-22)18-7-5-17(6-8-18)15(2)23/h4-8,16H,1,9-14H2,2-3H3. The van der Waals surface area contributed by atoms with E-state index in [0.717, 1.165) is 5.69 Å². The van der Waals surface area contributed by atoms with Crippen molar-refractivity contribution in [3.8, 4) is 0 Å². The second-order valence-corrected chi connectivity index (χ2v) is 6.34. The van der Waals surface area contributed by atoms with Crippen molar-refractivity contribution in [2.24, 2.45) is 0 Å². The Bertz CT molecular complexity index is 678. The molecule has 27 heavy (non-hydrogen) atoms. The molecule has 7 heteroatoms. The Morgan fingerprint density at radius 3 is 2.33 bits per heavy atom. The Hall–Kier alpha value is -2.67. The van der Waals surface area contributed by atoms with Crippen LogP contribution in [0.15, 0.2) is 36.9 Å². The molecule has 0 saturated carbocycles. The Morgan fingerprint density at radius 1 is 1.15 bits per heavy atom. The van der Waals surface area contributed by atoms with Gasteiger partial charge in [0, 0.05) is 37.4 Å². The number of carbonyl (C=O) groups excluding carboxylic acids is 3. The highest BCUT2D eigenvalue weighted by Gasteiger charge is 2.23. The summed E-state index contributed by atoms with van der Waals surface area (Å²) in [5, 5.41) is 0. The largest absolute Gasteiger partial charge is 0.454 e. The third kappa shape index (κ3) is 5.92. The van der Waals surface area contributed by atoms with Crippen LogP contribution in [0.4, 0.5) is 5.69 Å². The van der Waals surface area contributed by atoms with Crippen molar-refractivity contribution in [1.82, 2.24) is 4.90 Å². The van der Waals surface area contributed by atoms with E-state index in [1.165, 1.54) is 0 Å². The molecule has 1 saturated heterocycles. The van der Waals surface area contributed by atoms with Gasteiger partial charge in [-0.15, -0.1) is 6.58 Å². The number of rotatable bonds is 8. The number of anilines is 1. The molecule has 0 aromatic heterocycles. The quantitative estimate of drug-likeness (QED) is 0.391. The highest BCUT2D eigenvalue weighted by molar-refractivity contribution is 5.94. The summed E-state index contributed by atoms with van der Waals surface area (Å²) in [5.41, 5.74) is 1.70. The van der Waals surface area contributed by atoms with Crippen LogP contribution >= 0.6 is 0 Å². The van der Waals surface area contributed by atoms with E-state index in [1.54, 1.807) is 24.8 Å². The Morgan fingerprint density at radius 2 is 1.78 bits per heavy atom. The van der Waals surface area contributed by atoms with Crippen LogP contribution in [0.2, 0.25) is 0 Å². The second-order valence-electron chi connectivity index (χ2n) is 6.34. The van der Waals surface area contributed by atoms with Crippen molar-refractivity contribution < 1.29 is 23.9 Å². The summed E-state index contributed by atoms with van der Waals surface area (Å²) in [6.45, 7) is 9.05. The molecular weight excluding hydrogens is 348 g/mol. The zero-order chi connectivity index (χ0) is 19.8. The zero-order valence-corrected chi connectivity index (χ0v) is 15.8. The number of piperazine rings is 1. The van der Waals surface area contributed by atoms with E-state index < -0.39 is 12.1 Å². The van der Waals surface area contributed by atoms with Crippen molar-refractivity contribution in [1.29, 1.82) is 0 Å². The molecule has 2 rings (SSSR count). The summed E-state index contributed by atoms with van der Waals surface area (Å²) in [6.07, 6.45) is 0.813.